The fourth-order valence-electron chi connectivity index (χ4n) is 7.02. The van der Waals surface area contributed by atoms with Crippen LogP contribution in [0.25, 0.3) is 72.4 Å². The number of para-hydroxylation sites is 3. The fourth-order valence-corrected chi connectivity index (χ4v) is 8.70. The molecule has 0 aliphatic carbocycles. The van der Waals surface area contributed by atoms with E-state index in [-0.39, 0.29) is 20.1 Å². The first-order valence-electron chi connectivity index (χ1n) is 18.2. The molecule has 6 heteroatoms. The standard InChI is InChI=1S/C31H19N2O.C17H22NSi.Ir/c1-2-9-21(10-3-1)22-17-19-23(20-18-22)33-28-15-6-5-14-27(28)32-31(33)26-13-8-12-25-24-11-4-7-16-29(24)34-30(25)26;1-13(2)15-11-16(14-9-7-6-8-10-14)18-12-17(15)19(3,4)5;/h1-12,14-20H;6-9,11-13H,1-5H3;/q2*-1;. The summed E-state index contributed by atoms with van der Waals surface area (Å²) in [5.74, 6) is 1.35. The number of nitrogens with zero attached hydrogens (tertiary/aromatic N) is 3. The van der Waals surface area contributed by atoms with E-state index in [2.05, 4.69) is 140 Å². The van der Waals surface area contributed by atoms with Crippen LogP contribution in [0.4, 0.5) is 0 Å². The summed E-state index contributed by atoms with van der Waals surface area (Å²) in [7, 11) is -1.34. The first kappa shape index (κ1) is 36.9. The van der Waals surface area contributed by atoms with E-state index < -0.39 is 8.07 Å². The average Bonchev–Trinajstić information content (AvgIpc) is 3.77. The molecule has 0 spiro atoms. The molecule has 9 aromatic rings. The van der Waals surface area contributed by atoms with Gasteiger partial charge >= 0.3 is 0 Å². The van der Waals surface area contributed by atoms with Gasteiger partial charge in [-0.2, -0.15) is 0 Å². The first-order chi connectivity index (χ1) is 25.8. The molecule has 0 saturated heterocycles. The van der Waals surface area contributed by atoms with Crippen molar-refractivity contribution < 1.29 is 24.5 Å². The Morgan fingerprint density at radius 2 is 1.39 bits per heavy atom. The predicted molar refractivity (Wildman–Crippen MR) is 224 cm³/mol. The Morgan fingerprint density at radius 1 is 0.685 bits per heavy atom. The normalized spacial score (nSPS) is 11.4. The van der Waals surface area contributed by atoms with Crippen LogP contribution in [0.1, 0.15) is 25.3 Å². The fraction of sp³-hybridized carbons (Fsp3) is 0.125. The summed E-state index contributed by atoms with van der Waals surface area (Å²) in [6.45, 7) is 11.7. The number of fused-ring (bicyclic) bond motifs is 4. The monoisotopic (exact) mass is 896 g/mol. The third-order valence-corrected chi connectivity index (χ3v) is 11.7. The number of aromatic nitrogens is 3. The van der Waals surface area contributed by atoms with Gasteiger partial charge in [-0.3, -0.25) is 4.98 Å². The zero-order valence-corrected chi connectivity index (χ0v) is 34.5. The van der Waals surface area contributed by atoms with Gasteiger partial charge in [0.2, 0.25) is 0 Å². The van der Waals surface area contributed by atoms with E-state index in [0.717, 1.165) is 61.3 Å². The molecule has 269 valence electrons. The van der Waals surface area contributed by atoms with Gasteiger partial charge in [-0.15, -0.1) is 54.1 Å². The van der Waals surface area contributed by atoms with Crippen molar-refractivity contribution in [3.05, 3.63) is 169 Å². The van der Waals surface area contributed by atoms with E-state index >= 15 is 0 Å². The molecule has 0 amide bonds. The molecule has 0 aliphatic heterocycles. The molecule has 1 radical (unpaired) electrons. The van der Waals surface area contributed by atoms with E-state index in [1.54, 1.807) is 0 Å². The van der Waals surface area contributed by atoms with Crippen molar-refractivity contribution >= 4 is 46.2 Å². The predicted octanol–water partition coefficient (Wildman–Crippen LogP) is 12.3. The van der Waals surface area contributed by atoms with Crippen LogP contribution in [0.5, 0.6) is 0 Å². The Hall–Kier alpha value is -5.39. The van der Waals surface area contributed by atoms with E-state index in [0.29, 0.717) is 5.92 Å². The molecule has 4 nitrogen and oxygen atoms in total. The molecule has 3 heterocycles. The van der Waals surface area contributed by atoms with Gasteiger partial charge < -0.3 is 14.0 Å². The van der Waals surface area contributed by atoms with Crippen LogP contribution >= 0.6 is 0 Å². The zero-order chi connectivity index (χ0) is 36.5. The summed E-state index contributed by atoms with van der Waals surface area (Å²) >= 11 is 0. The van der Waals surface area contributed by atoms with E-state index in [1.165, 1.54) is 21.9 Å². The van der Waals surface area contributed by atoms with Gasteiger partial charge in [0.15, 0.2) is 0 Å². The van der Waals surface area contributed by atoms with Crippen molar-refractivity contribution in [2.45, 2.75) is 39.4 Å². The summed E-state index contributed by atoms with van der Waals surface area (Å²) in [4.78, 5) is 9.69. The molecule has 0 aliphatic rings. The molecular weight excluding hydrogens is 855 g/mol. The molecule has 3 aromatic heterocycles. The number of pyridine rings is 1. The minimum Gasteiger partial charge on any atom is -0.501 e. The SMILES string of the molecule is CC(C)c1cc(-c2[c-]cccc2)ncc1[Si](C)(C)C.[Ir].[c-]1ccc2c(oc3ccccc32)c1-c1nc2ccccc2n1-c1ccc(-c2ccccc2)cc1. The van der Waals surface area contributed by atoms with Crippen molar-refractivity contribution in [2.24, 2.45) is 0 Å². The van der Waals surface area contributed by atoms with Crippen LogP contribution in [0, 0.1) is 12.1 Å². The molecule has 9 rings (SSSR count). The second-order valence-electron chi connectivity index (χ2n) is 14.7. The summed E-state index contributed by atoms with van der Waals surface area (Å²) in [6, 6.07) is 56.4. The Labute approximate surface area is 331 Å². The topological polar surface area (TPSA) is 43.9 Å². The van der Waals surface area contributed by atoms with Gasteiger partial charge in [0, 0.05) is 37.4 Å². The number of furan rings is 1. The molecule has 0 fully saturated rings. The third-order valence-electron chi connectivity index (χ3n) is 9.71. The number of imidazole rings is 1. The van der Waals surface area contributed by atoms with Gasteiger partial charge in [-0.05, 0) is 58.3 Å². The van der Waals surface area contributed by atoms with Gasteiger partial charge in [0.1, 0.15) is 5.58 Å². The van der Waals surface area contributed by atoms with Crippen LogP contribution in [0.2, 0.25) is 19.6 Å². The quantitative estimate of drug-likeness (QED) is 0.123. The Kier molecular flexibility index (Phi) is 10.6. The molecule has 6 aromatic carbocycles. The molecule has 0 bridgehead atoms. The second-order valence-corrected chi connectivity index (χ2v) is 19.7. The molecule has 0 unspecified atom stereocenters. The third kappa shape index (κ3) is 7.25. The average molecular weight is 896 g/mol. The Bertz CT molecular complexity index is 2670. The maximum atomic E-state index is 6.32. The van der Waals surface area contributed by atoms with Crippen molar-refractivity contribution in [1.82, 2.24) is 14.5 Å². The van der Waals surface area contributed by atoms with Crippen LogP contribution in [-0.2, 0) is 20.1 Å². The first-order valence-corrected chi connectivity index (χ1v) is 21.7. The molecular formula is C48H41IrN3OSi-2. The second kappa shape index (κ2) is 15.5. The molecule has 54 heavy (non-hydrogen) atoms. The summed E-state index contributed by atoms with van der Waals surface area (Å²) in [6.07, 6.45) is 2.09. The van der Waals surface area contributed by atoms with E-state index in [9.17, 15) is 0 Å². The van der Waals surface area contributed by atoms with Crippen molar-refractivity contribution in [1.29, 1.82) is 0 Å². The maximum absolute atomic E-state index is 6.32. The number of hydrogen-bond acceptors (Lipinski definition) is 3. The molecule has 0 atom stereocenters. The summed E-state index contributed by atoms with van der Waals surface area (Å²) in [5, 5.41) is 3.65. The summed E-state index contributed by atoms with van der Waals surface area (Å²) in [5.41, 5.74) is 11.5. The van der Waals surface area contributed by atoms with Crippen LogP contribution in [-0.4, -0.2) is 22.6 Å². The van der Waals surface area contributed by atoms with Gasteiger partial charge in [0.05, 0.1) is 30.5 Å². The number of benzene rings is 6. The summed E-state index contributed by atoms with van der Waals surface area (Å²) < 4.78 is 8.51. The Balaban J connectivity index is 0.000000193. The van der Waals surface area contributed by atoms with Crippen LogP contribution in [0.15, 0.2) is 156 Å². The maximum Gasteiger partial charge on any atom is 0.120 e. The molecule has 0 N–H and O–H groups in total. The largest absolute Gasteiger partial charge is 0.501 e. The smallest absolute Gasteiger partial charge is 0.120 e. The van der Waals surface area contributed by atoms with Crippen molar-refractivity contribution in [3.8, 4) is 39.5 Å². The van der Waals surface area contributed by atoms with Crippen molar-refractivity contribution in [3.63, 3.8) is 0 Å². The minimum absolute atomic E-state index is 0. The number of rotatable bonds is 6. The van der Waals surface area contributed by atoms with Gasteiger partial charge in [-0.1, -0.05) is 129 Å². The zero-order valence-electron chi connectivity index (χ0n) is 31.1. The molecule has 0 saturated carbocycles. The van der Waals surface area contributed by atoms with Crippen LogP contribution in [0.3, 0.4) is 0 Å². The van der Waals surface area contributed by atoms with Crippen LogP contribution < -0.4 is 5.19 Å². The van der Waals surface area contributed by atoms with E-state index in [4.69, 9.17) is 9.40 Å². The van der Waals surface area contributed by atoms with Gasteiger partial charge in [0.25, 0.3) is 0 Å². The van der Waals surface area contributed by atoms with Gasteiger partial charge in [-0.25, -0.2) is 0 Å². The number of hydrogen-bond donors (Lipinski definition) is 0. The Morgan fingerprint density at radius 3 is 2.13 bits per heavy atom. The van der Waals surface area contributed by atoms with Crippen molar-refractivity contribution in [2.75, 3.05) is 0 Å². The van der Waals surface area contributed by atoms with E-state index in [1.807, 2.05) is 66.7 Å². The minimum atomic E-state index is -1.34.